The number of hydrogen-bond acceptors (Lipinski definition) is 0. The maximum atomic E-state index is 3.84. The number of rotatable bonds is 0. The van der Waals surface area contributed by atoms with E-state index in [-0.39, 0.29) is 0 Å². The molecule has 3 saturated carbocycles. The van der Waals surface area contributed by atoms with Crippen molar-refractivity contribution in [3.8, 4) is 0 Å². The second-order valence-electron chi connectivity index (χ2n) is 3.74. The predicted octanol–water partition coefficient (Wildman–Crippen LogP) is 3.37. The lowest BCUT2D eigenvalue weighted by atomic mass is 9.58. The zero-order valence-electron chi connectivity index (χ0n) is 6.11. The summed E-state index contributed by atoms with van der Waals surface area (Å²) in [6.45, 7) is 2.37. The van der Waals surface area contributed by atoms with E-state index in [0.717, 1.165) is 15.8 Å². The van der Waals surface area contributed by atoms with Crippen LogP contribution >= 0.6 is 38.5 Å². The Balaban J connectivity index is 2.18. The average Bonchev–Trinajstić information content (AvgIpc) is 1.88. The van der Waals surface area contributed by atoms with Crippen molar-refractivity contribution in [3.63, 3.8) is 0 Å². The van der Waals surface area contributed by atoms with Crippen LogP contribution in [0.1, 0.15) is 26.2 Å². The number of fused-ring (bicyclic) bond motifs is 2. The van der Waals surface area contributed by atoms with E-state index in [4.69, 9.17) is 0 Å². The molecular formula is C8H12BrI. The molecule has 0 heterocycles. The van der Waals surface area contributed by atoms with Crippen LogP contribution in [-0.2, 0) is 0 Å². The van der Waals surface area contributed by atoms with Crippen LogP contribution < -0.4 is 0 Å². The highest BCUT2D eigenvalue weighted by Gasteiger charge is 2.57. The Morgan fingerprint density at radius 3 is 2.10 bits per heavy atom. The van der Waals surface area contributed by atoms with Crippen LogP contribution in [-0.4, -0.2) is 8.25 Å². The van der Waals surface area contributed by atoms with Crippen LogP contribution in [0.2, 0.25) is 0 Å². The number of alkyl halides is 2. The predicted molar refractivity (Wildman–Crippen MR) is 56.0 cm³/mol. The van der Waals surface area contributed by atoms with E-state index in [0.29, 0.717) is 4.32 Å². The van der Waals surface area contributed by atoms with Gasteiger partial charge in [0, 0.05) is 8.25 Å². The Kier molecular flexibility index (Phi) is 1.84. The van der Waals surface area contributed by atoms with Gasteiger partial charge in [0.05, 0.1) is 0 Å². The molecule has 2 heteroatoms. The standard InChI is InChI=1S/C8H12BrI/c1-8(9)5-3-2-4-6(8)7(5)10/h5-7H,2-4H2,1H3/t5-,6+,7?,8?. The summed E-state index contributed by atoms with van der Waals surface area (Å²) < 4.78 is 1.48. The fourth-order valence-electron chi connectivity index (χ4n) is 2.50. The van der Waals surface area contributed by atoms with Gasteiger partial charge in [-0.15, -0.1) is 0 Å². The first-order valence-electron chi connectivity index (χ1n) is 3.97. The summed E-state index contributed by atoms with van der Waals surface area (Å²) in [6.07, 6.45) is 4.37. The molecule has 0 saturated heterocycles. The van der Waals surface area contributed by atoms with Gasteiger partial charge in [-0.3, -0.25) is 0 Å². The van der Waals surface area contributed by atoms with Crippen LogP contribution in [0.4, 0.5) is 0 Å². The minimum absolute atomic E-state index is 0.511. The van der Waals surface area contributed by atoms with Crippen molar-refractivity contribution in [2.75, 3.05) is 0 Å². The fraction of sp³-hybridized carbons (Fsp3) is 1.00. The molecule has 0 nitrogen and oxygen atoms in total. The number of hydrogen-bond donors (Lipinski definition) is 0. The molecule has 0 spiro atoms. The van der Waals surface area contributed by atoms with Gasteiger partial charge in [-0.05, 0) is 31.6 Å². The molecule has 0 radical (unpaired) electrons. The molecule has 0 aromatic heterocycles. The molecule has 3 aliphatic carbocycles. The van der Waals surface area contributed by atoms with Crippen molar-refractivity contribution in [1.82, 2.24) is 0 Å². The van der Waals surface area contributed by atoms with Gasteiger partial charge in [-0.2, -0.15) is 0 Å². The molecule has 0 aliphatic heterocycles. The lowest BCUT2D eigenvalue weighted by Crippen LogP contribution is -2.60. The Morgan fingerprint density at radius 1 is 1.40 bits per heavy atom. The van der Waals surface area contributed by atoms with Crippen molar-refractivity contribution in [2.45, 2.75) is 34.4 Å². The summed E-state index contributed by atoms with van der Waals surface area (Å²) in [4.78, 5) is 0. The van der Waals surface area contributed by atoms with Gasteiger partial charge >= 0.3 is 0 Å². The lowest BCUT2D eigenvalue weighted by molar-refractivity contribution is 0.0860. The van der Waals surface area contributed by atoms with E-state index in [1.54, 1.807) is 0 Å². The molecule has 0 aromatic carbocycles. The summed E-state index contributed by atoms with van der Waals surface area (Å²) in [7, 11) is 0. The first-order valence-corrected chi connectivity index (χ1v) is 6.01. The molecule has 3 aliphatic rings. The second kappa shape index (κ2) is 2.35. The molecular weight excluding hydrogens is 303 g/mol. The lowest BCUT2D eigenvalue weighted by Gasteiger charge is -2.59. The van der Waals surface area contributed by atoms with E-state index in [1.807, 2.05) is 0 Å². The zero-order valence-corrected chi connectivity index (χ0v) is 9.85. The average molecular weight is 315 g/mol. The van der Waals surface area contributed by atoms with E-state index >= 15 is 0 Å². The van der Waals surface area contributed by atoms with Crippen molar-refractivity contribution in [1.29, 1.82) is 0 Å². The topological polar surface area (TPSA) is 0 Å². The summed E-state index contributed by atoms with van der Waals surface area (Å²) in [6, 6.07) is 0. The molecule has 2 unspecified atom stereocenters. The summed E-state index contributed by atoms with van der Waals surface area (Å²) in [5, 5.41) is 0. The highest BCUT2D eigenvalue weighted by molar-refractivity contribution is 14.1. The quantitative estimate of drug-likeness (QED) is 0.475. The van der Waals surface area contributed by atoms with Crippen molar-refractivity contribution < 1.29 is 0 Å². The molecule has 0 aromatic rings. The van der Waals surface area contributed by atoms with Gasteiger partial charge in [-0.25, -0.2) is 0 Å². The SMILES string of the molecule is CC1(Br)[C@@H]2CCC[C@H]1C2I. The van der Waals surface area contributed by atoms with Gasteiger partial charge in [0.1, 0.15) is 0 Å². The first-order chi connectivity index (χ1) is 4.64. The van der Waals surface area contributed by atoms with Gasteiger partial charge < -0.3 is 0 Å². The van der Waals surface area contributed by atoms with Gasteiger partial charge in [0.25, 0.3) is 0 Å². The van der Waals surface area contributed by atoms with E-state index in [9.17, 15) is 0 Å². The molecule has 10 heavy (non-hydrogen) atoms. The maximum Gasteiger partial charge on any atom is 0.0306 e. The Hall–Kier alpha value is 1.21. The molecule has 4 atom stereocenters. The van der Waals surface area contributed by atoms with Crippen LogP contribution in [0.15, 0.2) is 0 Å². The van der Waals surface area contributed by atoms with Gasteiger partial charge in [0.15, 0.2) is 0 Å². The van der Waals surface area contributed by atoms with Crippen molar-refractivity contribution in [2.24, 2.45) is 11.8 Å². The number of halogens is 2. The highest BCUT2D eigenvalue weighted by Crippen LogP contribution is 2.61. The summed E-state index contributed by atoms with van der Waals surface area (Å²) in [5.41, 5.74) is 0. The minimum atomic E-state index is 0.511. The molecule has 0 N–H and O–H groups in total. The van der Waals surface area contributed by atoms with Crippen LogP contribution in [0.3, 0.4) is 0 Å². The molecule has 3 rings (SSSR count). The maximum absolute atomic E-state index is 3.84. The molecule has 2 bridgehead atoms. The largest absolute Gasteiger partial charge is 0.0850 e. The summed E-state index contributed by atoms with van der Waals surface area (Å²) in [5.74, 6) is 1.93. The Bertz CT molecular complexity index is 141. The third-order valence-electron chi connectivity index (χ3n) is 3.25. The normalized spacial score (nSPS) is 59.7. The van der Waals surface area contributed by atoms with Crippen LogP contribution in [0.25, 0.3) is 0 Å². The third-order valence-corrected chi connectivity index (χ3v) is 6.16. The Morgan fingerprint density at radius 2 is 1.90 bits per heavy atom. The van der Waals surface area contributed by atoms with E-state index < -0.39 is 0 Å². The Labute approximate surface area is 84.4 Å². The first kappa shape index (κ1) is 7.84. The van der Waals surface area contributed by atoms with Crippen LogP contribution in [0.5, 0.6) is 0 Å². The second-order valence-corrected chi connectivity index (χ2v) is 6.89. The van der Waals surface area contributed by atoms with Crippen molar-refractivity contribution >= 4 is 38.5 Å². The van der Waals surface area contributed by atoms with Gasteiger partial charge in [-0.1, -0.05) is 44.9 Å². The summed E-state index contributed by atoms with van der Waals surface area (Å²) >= 11 is 6.47. The minimum Gasteiger partial charge on any atom is -0.0850 e. The van der Waals surface area contributed by atoms with Crippen molar-refractivity contribution in [3.05, 3.63) is 0 Å². The molecule has 0 amide bonds. The molecule has 58 valence electrons. The smallest absolute Gasteiger partial charge is 0.0306 e. The fourth-order valence-corrected chi connectivity index (χ4v) is 6.73. The third kappa shape index (κ3) is 0.838. The highest BCUT2D eigenvalue weighted by atomic mass is 127. The van der Waals surface area contributed by atoms with E-state index in [2.05, 4.69) is 45.4 Å². The molecule has 3 fully saturated rings. The monoisotopic (exact) mass is 314 g/mol. The van der Waals surface area contributed by atoms with Gasteiger partial charge in [0.2, 0.25) is 0 Å². The van der Waals surface area contributed by atoms with E-state index in [1.165, 1.54) is 19.3 Å². The zero-order chi connectivity index (χ0) is 7.35. The van der Waals surface area contributed by atoms with Crippen LogP contribution in [0, 0.1) is 11.8 Å².